The lowest BCUT2D eigenvalue weighted by atomic mass is 9.73. The monoisotopic (exact) mass is 513 g/mol. The first-order valence-corrected chi connectivity index (χ1v) is 13.4. The van der Waals surface area contributed by atoms with Crippen LogP contribution in [0.25, 0.3) is 0 Å². The maximum absolute atomic E-state index is 14.0. The van der Waals surface area contributed by atoms with Crippen LogP contribution in [0.15, 0.2) is 36.4 Å². The molecule has 1 aliphatic carbocycles. The van der Waals surface area contributed by atoms with Gasteiger partial charge < -0.3 is 20.3 Å². The normalized spacial score (nSPS) is 37.2. The molecule has 8 heteroatoms. The molecular weight excluding hydrogens is 478 g/mol. The first-order valence-electron chi connectivity index (χ1n) is 13.0. The largest absolute Gasteiger partial charge is 0.359 e. The number of benzene rings is 1. The summed E-state index contributed by atoms with van der Waals surface area (Å²) in [7, 11) is 0. The van der Waals surface area contributed by atoms with Crippen LogP contribution in [0.5, 0.6) is 0 Å². The Bertz CT molecular complexity index is 1110. The van der Waals surface area contributed by atoms with Crippen molar-refractivity contribution < 1.29 is 19.1 Å². The van der Waals surface area contributed by atoms with Crippen LogP contribution in [0.4, 0.5) is 5.69 Å². The van der Waals surface area contributed by atoms with Crippen LogP contribution in [0.2, 0.25) is 5.02 Å². The first kappa shape index (κ1) is 25.3. The number of halogens is 1. The molecule has 1 aromatic carbocycles. The van der Waals surface area contributed by atoms with Crippen molar-refractivity contribution in [2.24, 2.45) is 23.7 Å². The predicted molar refractivity (Wildman–Crippen MR) is 138 cm³/mol. The fourth-order valence-electron chi connectivity index (χ4n) is 6.73. The second-order valence-electron chi connectivity index (χ2n) is 12.0. The second-order valence-corrected chi connectivity index (χ2v) is 12.4. The zero-order valence-corrected chi connectivity index (χ0v) is 22.3. The zero-order valence-electron chi connectivity index (χ0n) is 21.6. The smallest absolute Gasteiger partial charge is 0.246 e. The van der Waals surface area contributed by atoms with Crippen LogP contribution in [-0.2, 0) is 19.1 Å². The number of fused-ring (bicyclic) bond motifs is 1. The third-order valence-electron chi connectivity index (χ3n) is 8.68. The van der Waals surface area contributed by atoms with Gasteiger partial charge in [-0.05, 0) is 57.2 Å². The van der Waals surface area contributed by atoms with E-state index in [1.807, 2.05) is 32.9 Å². The van der Waals surface area contributed by atoms with Crippen molar-refractivity contribution in [2.45, 2.75) is 83.2 Å². The lowest BCUT2D eigenvalue weighted by Crippen LogP contribution is -2.61. The molecular formula is C28H36ClN3O4. The van der Waals surface area contributed by atoms with E-state index in [-0.39, 0.29) is 23.8 Å². The topological polar surface area (TPSA) is 87.7 Å². The summed E-state index contributed by atoms with van der Waals surface area (Å²) in [6.07, 6.45) is 6.28. The molecule has 3 fully saturated rings. The van der Waals surface area contributed by atoms with Crippen molar-refractivity contribution in [2.75, 3.05) is 5.32 Å². The van der Waals surface area contributed by atoms with E-state index in [1.54, 1.807) is 29.2 Å². The molecule has 2 N–H and O–H groups in total. The summed E-state index contributed by atoms with van der Waals surface area (Å²) in [5, 5.41) is 6.69. The van der Waals surface area contributed by atoms with Gasteiger partial charge in [-0.15, -0.1) is 0 Å². The predicted octanol–water partition coefficient (Wildman–Crippen LogP) is 4.17. The molecule has 0 unspecified atom stereocenters. The number of carbonyl (C=O) groups is 3. The SMILES string of the molecule is C[C@@H]1[C@H](C)CCC[C@@H]1NC(=O)[C@@H]1N(C(C)(C)C)C(=O)[C@H]2[C@H](C(=O)Nc3cccc(Cl)c3)[C@H]3C=C[C@@]12O3. The van der Waals surface area contributed by atoms with Crippen molar-refractivity contribution in [3.63, 3.8) is 0 Å². The van der Waals surface area contributed by atoms with Gasteiger partial charge in [-0.2, -0.15) is 0 Å². The molecule has 2 bridgehead atoms. The highest BCUT2D eigenvalue weighted by molar-refractivity contribution is 6.30. The highest BCUT2D eigenvalue weighted by Crippen LogP contribution is 2.56. The molecule has 1 spiro atoms. The van der Waals surface area contributed by atoms with Gasteiger partial charge in [0, 0.05) is 22.3 Å². The van der Waals surface area contributed by atoms with Crippen molar-refractivity contribution >= 4 is 35.0 Å². The molecule has 5 rings (SSSR count). The first-order chi connectivity index (χ1) is 16.9. The second kappa shape index (κ2) is 8.88. The van der Waals surface area contributed by atoms with E-state index in [0.29, 0.717) is 22.5 Å². The number of hydrogen-bond acceptors (Lipinski definition) is 4. The maximum atomic E-state index is 14.0. The minimum Gasteiger partial charge on any atom is -0.359 e. The number of nitrogens with one attached hydrogen (secondary N) is 2. The van der Waals surface area contributed by atoms with Crippen LogP contribution < -0.4 is 10.6 Å². The lowest BCUT2D eigenvalue weighted by molar-refractivity contribution is -0.147. The average Bonchev–Trinajstić information content (AvgIpc) is 3.44. The van der Waals surface area contributed by atoms with E-state index in [1.165, 1.54) is 0 Å². The Morgan fingerprint density at radius 3 is 2.61 bits per heavy atom. The fourth-order valence-corrected chi connectivity index (χ4v) is 6.92. The maximum Gasteiger partial charge on any atom is 0.246 e. The van der Waals surface area contributed by atoms with Gasteiger partial charge in [0.15, 0.2) is 0 Å². The lowest BCUT2D eigenvalue weighted by Gasteiger charge is -2.41. The third kappa shape index (κ3) is 3.95. The summed E-state index contributed by atoms with van der Waals surface area (Å²) >= 11 is 6.09. The molecule has 1 aromatic rings. The Labute approximate surface area is 218 Å². The van der Waals surface area contributed by atoms with Crippen LogP contribution in [0.3, 0.4) is 0 Å². The summed E-state index contributed by atoms with van der Waals surface area (Å²) in [5.41, 5.74) is -1.24. The van der Waals surface area contributed by atoms with E-state index in [9.17, 15) is 14.4 Å². The molecule has 1 saturated carbocycles. The highest BCUT2D eigenvalue weighted by Gasteiger charge is 2.74. The van der Waals surface area contributed by atoms with Gasteiger partial charge in [-0.25, -0.2) is 0 Å². The van der Waals surface area contributed by atoms with Crippen molar-refractivity contribution in [1.82, 2.24) is 10.2 Å². The average molecular weight is 514 g/mol. The quantitative estimate of drug-likeness (QED) is 0.591. The van der Waals surface area contributed by atoms with E-state index in [0.717, 1.165) is 19.3 Å². The molecule has 0 radical (unpaired) electrons. The number of amides is 3. The number of rotatable bonds is 4. The molecule has 3 amide bonds. The molecule has 3 aliphatic heterocycles. The Morgan fingerprint density at radius 1 is 1.17 bits per heavy atom. The van der Waals surface area contributed by atoms with Gasteiger partial charge in [0.2, 0.25) is 17.7 Å². The van der Waals surface area contributed by atoms with Gasteiger partial charge in [-0.1, -0.05) is 56.5 Å². The van der Waals surface area contributed by atoms with Crippen LogP contribution >= 0.6 is 11.6 Å². The molecule has 4 aliphatic rings. The van der Waals surface area contributed by atoms with Crippen molar-refractivity contribution in [3.05, 3.63) is 41.4 Å². The standard InChI is InChI=1S/C28H36ClN3O4/c1-15-8-6-11-19(16(15)2)31-25(34)23-28-13-12-20(36-28)21(22(28)26(35)32(23)27(3,4)5)24(33)30-18-10-7-9-17(29)14-18/h7,9-10,12-16,19-23H,6,8,11H2,1-5H3,(H,30,33)(H,31,34)/t15-,16-,19+,20-,21-,22-,23+,28+/m1/s1. The Hall–Kier alpha value is -2.38. The summed E-state index contributed by atoms with van der Waals surface area (Å²) in [4.78, 5) is 43.1. The number of ether oxygens (including phenoxy) is 1. The summed E-state index contributed by atoms with van der Waals surface area (Å²) in [5.74, 6) is -1.36. The van der Waals surface area contributed by atoms with E-state index in [4.69, 9.17) is 16.3 Å². The molecule has 0 aromatic heterocycles. The molecule has 36 heavy (non-hydrogen) atoms. The van der Waals surface area contributed by atoms with Gasteiger partial charge in [0.05, 0.1) is 17.9 Å². The molecule has 194 valence electrons. The summed E-state index contributed by atoms with van der Waals surface area (Å²) in [6, 6.07) is 6.12. The summed E-state index contributed by atoms with van der Waals surface area (Å²) < 4.78 is 6.42. The Morgan fingerprint density at radius 2 is 1.92 bits per heavy atom. The van der Waals surface area contributed by atoms with Crippen LogP contribution in [0, 0.1) is 23.7 Å². The number of anilines is 1. The van der Waals surface area contributed by atoms with Gasteiger partial charge >= 0.3 is 0 Å². The van der Waals surface area contributed by atoms with E-state index < -0.39 is 35.1 Å². The Kier molecular flexibility index (Phi) is 6.23. The van der Waals surface area contributed by atoms with Gasteiger partial charge in [0.1, 0.15) is 11.6 Å². The number of nitrogens with zero attached hydrogens (tertiary/aromatic N) is 1. The zero-order chi connectivity index (χ0) is 26.0. The number of carbonyl (C=O) groups excluding carboxylic acids is 3. The molecule has 7 nitrogen and oxygen atoms in total. The van der Waals surface area contributed by atoms with Crippen LogP contribution in [-0.4, -0.2) is 51.9 Å². The fraction of sp³-hybridized carbons (Fsp3) is 0.607. The van der Waals surface area contributed by atoms with Crippen molar-refractivity contribution in [1.29, 1.82) is 0 Å². The third-order valence-corrected chi connectivity index (χ3v) is 8.91. The molecule has 2 saturated heterocycles. The number of likely N-dealkylation sites (tertiary alicyclic amines) is 1. The van der Waals surface area contributed by atoms with E-state index >= 15 is 0 Å². The minimum atomic E-state index is -1.17. The summed E-state index contributed by atoms with van der Waals surface area (Å²) in [6.45, 7) is 10.2. The van der Waals surface area contributed by atoms with Crippen LogP contribution in [0.1, 0.15) is 53.9 Å². The molecule has 8 atom stereocenters. The van der Waals surface area contributed by atoms with E-state index in [2.05, 4.69) is 24.5 Å². The highest BCUT2D eigenvalue weighted by atomic mass is 35.5. The molecule has 3 heterocycles. The Balaban J connectivity index is 1.46. The van der Waals surface area contributed by atoms with Gasteiger partial charge in [0.25, 0.3) is 0 Å². The van der Waals surface area contributed by atoms with Gasteiger partial charge in [-0.3, -0.25) is 14.4 Å². The van der Waals surface area contributed by atoms with Crippen molar-refractivity contribution in [3.8, 4) is 0 Å². The minimum absolute atomic E-state index is 0.0538. The number of hydrogen-bond donors (Lipinski definition) is 2.